The van der Waals surface area contributed by atoms with E-state index < -0.39 is 0 Å². The van der Waals surface area contributed by atoms with E-state index in [2.05, 4.69) is 6.92 Å². The van der Waals surface area contributed by atoms with Crippen molar-refractivity contribution in [3.63, 3.8) is 0 Å². The number of aryl methyl sites for hydroxylation is 1. The number of hydrogen-bond acceptors (Lipinski definition) is 2. The second-order valence-corrected chi connectivity index (χ2v) is 4.69. The van der Waals surface area contributed by atoms with Crippen LogP contribution in [-0.2, 0) is 11.2 Å². The smallest absolute Gasteiger partial charge is 0.230 e. The number of rotatable bonds is 2. The van der Waals surface area contributed by atoms with Crippen LogP contribution in [0.1, 0.15) is 40.7 Å². The van der Waals surface area contributed by atoms with Crippen LogP contribution in [0, 0.1) is 0 Å². The highest BCUT2D eigenvalue weighted by Gasteiger charge is 2.34. The quantitative estimate of drug-likeness (QED) is 0.780. The zero-order chi connectivity index (χ0) is 12.6. The van der Waals surface area contributed by atoms with Gasteiger partial charge in [0.05, 0.1) is 5.92 Å². The van der Waals surface area contributed by atoms with Gasteiger partial charge in [-0.05, 0) is 23.6 Å². The molecule has 0 spiro atoms. The third-order valence-corrected chi connectivity index (χ3v) is 3.33. The van der Waals surface area contributed by atoms with Gasteiger partial charge in [-0.25, -0.2) is 0 Å². The average Bonchev–Trinajstić information content (AvgIpc) is 2.65. The highest BCUT2D eigenvalue weighted by Crippen LogP contribution is 2.34. The van der Waals surface area contributed by atoms with Crippen molar-refractivity contribution in [2.45, 2.75) is 25.7 Å². The number of benzene rings is 1. The molecule has 0 heterocycles. The van der Waals surface area contributed by atoms with E-state index in [4.69, 9.17) is 0 Å². The second-order valence-electron chi connectivity index (χ2n) is 4.69. The second kappa shape index (κ2) is 4.32. The van der Waals surface area contributed by atoms with Gasteiger partial charge in [0, 0.05) is 26.1 Å². The van der Waals surface area contributed by atoms with Gasteiger partial charge in [-0.15, -0.1) is 0 Å². The van der Waals surface area contributed by atoms with E-state index in [0.717, 1.165) is 23.1 Å². The molecule has 3 nitrogen and oxygen atoms in total. The summed E-state index contributed by atoms with van der Waals surface area (Å²) >= 11 is 0. The molecular formula is C14H17NO2. The van der Waals surface area contributed by atoms with Gasteiger partial charge < -0.3 is 4.90 Å². The standard InChI is InChI=1S/C14H17NO2/c1-4-9-5-6-10-11(7-9)13(16)8-12(10)14(17)15(2)3/h5-7,12H,4,8H2,1-3H3. The molecule has 1 amide bonds. The molecule has 0 radical (unpaired) electrons. The molecule has 1 unspecified atom stereocenters. The van der Waals surface area contributed by atoms with E-state index in [9.17, 15) is 9.59 Å². The van der Waals surface area contributed by atoms with Crippen LogP contribution >= 0.6 is 0 Å². The molecule has 0 N–H and O–H groups in total. The molecule has 1 aromatic rings. The molecule has 0 saturated heterocycles. The fraction of sp³-hybridized carbons (Fsp3) is 0.429. The predicted octanol–water partition coefficient (Wildman–Crippen LogP) is 2.01. The number of ketones is 1. The summed E-state index contributed by atoms with van der Waals surface area (Å²) in [4.78, 5) is 25.4. The Kier molecular flexibility index (Phi) is 3.01. The lowest BCUT2D eigenvalue weighted by atomic mass is 9.98. The van der Waals surface area contributed by atoms with Crippen molar-refractivity contribution in [3.05, 3.63) is 34.9 Å². The van der Waals surface area contributed by atoms with E-state index in [-0.39, 0.29) is 17.6 Å². The van der Waals surface area contributed by atoms with Crippen LogP contribution in [-0.4, -0.2) is 30.7 Å². The molecule has 0 fully saturated rings. The minimum Gasteiger partial charge on any atom is -0.348 e. The van der Waals surface area contributed by atoms with Gasteiger partial charge >= 0.3 is 0 Å². The Balaban J connectivity index is 2.41. The van der Waals surface area contributed by atoms with Gasteiger partial charge in [-0.2, -0.15) is 0 Å². The fourth-order valence-electron chi connectivity index (χ4n) is 2.31. The monoisotopic (exact) mass is 231 g/mol. The summed E-state index contributed by atoms with van der Waals surface area (Å²) in [5, 5.41) is 0. The van der Waals surface area contributed by atoms with Gasteiger partial charge in [-0.3, -0.25) is 9.59 Å². The summed E-state index contributed by atoms with van der Waals surface area (Å²) in [5.74, 6) is -0.171. The topological polar surface area (TPSA) is 37.4 Å². The molecule has 90 valence electrons. The molecule has 1 aliphatic rings. The summed E-state index contributed by atoms with van der Waals surface area (Å²) in [7, 11) is 3.45. The lowest BCUT2D eigenvalue weighted by Gasteiger charge is -2.16. The largest absolute Gasteiger partial charge is 0.348 e. The minimum absolute atomic E-state index is 0.0151. The van der Waals surface area contributed by atoms with Crippen molar-refractivity contribution in [1.82, 2.24) is 4.90 Å². The molecule has 17 heavy (non-hydrogen) atoms. The molecule has 1 aromatic carbocycles. The Morgan fingerprint density at radius 1 is 1.41 bits per heavy atom. The molecular weight excluding hydrogens is 214 g/mol. The number of carbonyl (C=O) groups excluding carboxylic acids is 2. The first-order valence-electron chi connectivity index (χ1n) is 5.91. The van der Waals surface area contributed by atoms with E-state index in [0.29, 0.717) is 6.42 Å². The first-order chi connectivity index (χ1) is 8.04. The van der Waals surface area contributed by atoms with Crippen LogP contribution in [0.15, 0.2) is 18.2 Å². The van der Waals surface area contributed by atoms with Crippen molar-refractivity contribution in [3.8, 4) is 0 Å². The van der Waals surface area contributed by atoms with Crippen LogP contribution < -0.4 is 0 Å². The Labute approximate surface area is 101 Å². The predicted molar refractivity (Wildman–Crippen MR) is 66.2 cm³/mol. The average molecular weight is 231 g/mol. The molecule has 0 aromatic heterocycles. The van der Waals surface area contributed by atoms with Gasteiger partial charge in [0.15, 0.2) is 5.78 Å². The summed E-state index contributed by atoms with van der Waals surface area (Å²) < 4.78 is 0. The molecule has 1 aliphatic carbocycles. The first-order valence-corrected chi connectivity index (χ1v) is 5.91. The lowest BCUT2D eigenvalue weighted by molar-refractivity contribution is -0.130. The molecule has 1 atom stereocenters. The fourth-order valence-corrected chi connectivity index (χ4v) is 2.31. The molecule has 0 aliphatic heterocycles. The van der Waals surface area contributed by atoms with Crippen molar-refractivity contribution in [1.29, 1.82) is 0 Å². The molecule has 0 saturated carbocycles. The number of nitrogens with zero attached hydrogens (tertiary/aromatic N) is 1. The Morgan fingerprint density at radius 2 is 2.12 bits per heavy atom. The summed E-state index contributed by atoms with van der Waals surface area (Å²) in [5.41, 5.74) is 2.78. The zero-order valence-corrected chi connectivity index (χ0v) is 10.5. The van der Waals surface area contributed by atoms with Gasteiger partial charge in [0.25, 0.3) is 0 Å². The van der Waals surface area contributed by atoms with Crippen molar-refractivity contribution >= 4 is 11.7 Å². The van der Waals surface area contributed by atoms with Crippen LogP contribution in [0.4, 0.5) is 0 Å². The van der Waals surface area contributed by atoms with E-state index in [1.54, 1.807) is 19.0 Å². The lowest BCUT2D eigenvalue weighted by Crippen LogP contribution is -2.27. The third kappa shape index (κ3) is 1.97. The number of amides is 1. The zero-order valence-electron chi connectivity index (χ0n) is 10.5. The Morgan fingerprint density at radius 3 is 2.71 bits per heavy atom. The van der Waals surface area contributed by atoms with Crippen LogP contribution in [0.2, 0.25) is 0 Å². The minimum atomic E-state index is -0.279. The maximum atomic E-state index is 12.0. The van der Waals surface area contributed by atoms with Crippen molar-refractivity contribution < 1.29 is 9.59 Å². The molecule has 3 heteroatoms. The number of Topliss-reactive ketones (excluding diaryl/α,β-unsaturated/α-hetero) is 1. The van der Waals surface area contributed by atoms with Crippen molar-refractivity contribution in [2.24, 2.45) is 0 Å². The maximum Gasteiger partial charge on any atom is 0.230 e. The maximum absolute atomic E-state index is 12.0. The third-order valence-electron chi connectivity index (χ3n) is 3.33. The summed E-state index contributed by atoms with van der Waals surface area (Å²) in [6, 6.07) is 5.87. The number of fused-ring (bicyclic) bond motifs is 1. The normalized spacial score (nSPS) is 18.1. The van der Waals surface area contributed by atoms with Crippen LogP contribution in [0.25, 0.3) is 0 Å². The van der Waals surface area contributed by atoms with Crippen LogP contribution in [0.3, 0.4) is 0 Å². The first kappa shape index (κ1) is 11.8. The number of carbonyl (C=O) groups is 2. The van der Waals surface area contributed by atoms with Gasteiger partial charge in [0.2, 0.25) is 5.91 Å². The van der Waals surface area contributed by atoms with E-state index in [1.807, 2.05) is 18.2 Å². The summed E-state index contributed by atoms with van der Waals surface area (Å²) in [6.07, 6.45) is 1.23. The van der Waals surface area contributed by atoms with E-state index in [1.165, 1.54) is 0 Å². The number of hydrogen-bond donors (Lipinski definition) is 0. The Bertz CT molecular complexity index is 477. The highest BCUT2D eigenvalue weighted by atomic mass is 16.2. The molecule has 2 rings (SSSR count). The number of likely N-dealkylation sites (N-methyl/N-ethyl adjacent to an activating group) is 1. The van der Waals surface area contributed by atoms with Gasteiger partial charge in [0.1, 0.15) is 0 Å². The van der Waals surface area contributed by atoms with Crippen LogP contribution in [0.5, 0.6) is 0 Å². The molecule has 0 bridgehead atoms. The van der Waals surface area contributed by atoms with Crippen molar-refractivity contribution in [2.75, 3.05) is 14.1 Å². The van der Waals surface area contributed by atoms with E-state index >= 15 is 0 Å². The van der Waals surface area contributed by atoms with Gasteiger partial charge in [-0.1, -0.05) is 19.1 Å². The highest BCUT2D eigenvalue weighted by molar-refractivity contribution is 6.06. The SMILES string of the molecule is CCc1ccc2c(c1)C(=O)CC2C(=O)N(C)C. The summed E-state index contributed by atoms with van der Waals surface area (Å²) in [6.45, 7) is 2.06. The Hall–Kier alpha value is -1.64.